The third-order valence-electron chi connectivity index (χ3n) is 5.84. The van der Waals surface area contributed by atoms with Crippen molar-refractivity contribution in [2.75, 3.05) is 26.8 Å². The number of amides is 1. The number of likely N-dealkylation sites (N-methyl/N-ethyl adjacent to an activating group) is 1. The van der Waals surface area contributed by atoms with Gasteiger partial charge in [0, 0.05) is 30.1 Å². The molecule has 1 saturated carbocycles. The van der Waals surface area contributed by atoms with Crippen molar-refractivity contribution in [2.24, 2.45) is 5.92 Å². The first-order valence-electron chi connectivity index (χ1n) is 12.5. The van der Waals surface area contributed by atoms with E-state index >= 15 is 0 Å². The molecule has 1 heterocycles. The summed E-state index contributed by atoms with van der Waals surface area (Å²) in [4.78, 5) is 34.6. The number of allylic oxidation sites excluding steroid dienone is 4. The first-order valence-corrected chi connectivity index (χ1v) is 12.5. The van der Waals surface area contributed by atoms with Crippen molar-refractivity contribution in [1.82, 2.24) is 14.9 Å². The Morgan fingerprint density at radius 1 is 1.19 bits per heavy atom. The highest BCUT2D eigenvalue weighted by molar-refractivity contribution is 5.81. The van der Waals surface area contributed by atoms with Crippen LogP contribution < -0.4 is 4.74 Å². The molecular weight excluding hydrogens is 473 g/mol. The molecule has 0 N–H and O–H groups in total. The van der Waals surface area contributed by atoms with Crippen LogP contribution in [0, 0.1) is 11.7 Å². The van der Waals surface area contributed by atoms with Gasteiger partial charge in [0.05, 0.1) is 32.5 Å². The standard InChI is InChI=1S/C29H34FN3O4/c1-5-33(29(35)22-11-12-22)19-20(3)14-24(28-31-17-25(30)18-32-28)9-7-8-23-15-21(10-13-26(23)36-4)16-27(34)37-6-2/h7-10,13-15,17-18,22H,5-6,11-12,16,19H2,1-4H3/b8-7+,20-14+,24-9+. The molecule has 1 amide bonds. The molecule has 1 aromatic heterocycles. The number of rotatable bonds is 12. The highest BCUT2D eigenvalue weighted by atomic mass is 19.1. The van der Waals surface area contributed by atoms with Crippen LogP contribution in [0.4, 0.5) is 4.39 Å². The summed E-state index contributed by atoms with van der Waals surface area (Å²) in [6.45, 7) is 7.16. The molecule has 37 heavy (non-hydrogen) atoms. The molecule has 3 rings (SSSR count). The zero-order chi connectivity index (χ0) is 26.8. The molecule has 196 valence electrons. The molecule has 8 heteroatoms. The number of nitrogens with zero attached hydrogens (tertiary/aromatic N) is 3. The Kier molecular flexibility index (Phi) is 10.1. The van der Waals surface area contributed by atoms with Crippen LogP contribution in [0.15, 0.2) is 54.4 Å². The van der Waals surface area contributed by atoms with E-state index in [0.717, 1.165) is 41.9 Å². The van der Waals surface area contributed by atoms with Crippen LogP contribution in [-0.4, -0.2) is 53.6 Å². The van der Waals surface area contributed by atoms with Crippen molar-refractivity contribution in [3.05, 3.63) is 77.2 Å². The predicted octanol–water partition coefficient (Wildman–Crippen LogP) is 5.03. The fraction of sp³-hybridized carbons (Fsp3) is 0.379. The van der Waals surface area contributed by atoms with Crippen LogP contribution in [0.2, 0.25) is 0 Å². The number of benzene rings is 1. The number of ether oxygens (including phenoxy) is 2. The summed E-state index contributed by atoms with van der Waals surface area (Å²) >= 11 is 0. The molecule has 0 radical (unpaired) electrons. The minimum Gasteiger partial charge on any atom is -0.496 e. The minimum atomic E-state index is -0.519. The minimum absolute atomic E-state index is 0.153. The topological polar surface area (TPSA) is 81.6 Å². The third kappa shape index (κ3) is 8.37. The van der Waals surface area contributed by atoms with Crippen molar-refractivity contribution in [3.63, 3.8) is 0 Å². The molecule has 2 aromatic rings. The van der Waals surface area contributed by atoms with Gasteiger partial charge in [0.1, 0.15) is 5.75 Å². The highest BCUT2D eigenvalue weighted by Gasteiger charge is 2.32. The van der Waals surface area contributed by atoms with E-state index < -0.39 is 5.82 Å². The van der Waals surface area contributed by atoms with Crippen LogP contribution in [0.3, 0.4) is 0 Å². The van der Waals surface area contributed by atoms with E-state index in [2.05, 4.69) is 9.97 Å². The second-order valence-corrected chi connectivity index (χ2v) is 8.88. The molecule has 0 saturated heterocycles. The van der Waals surface area contributed by atoms with E-state index in [1.807, 2.05) is 61.3 Å². The van der Waals surface area contributed by atoms with E-state index in [-0.39, 0.29) is 24.2 Å². The van der Waals surface area contributed by atoms with E-state index in [1.54, 1.807) is 14.0 Å². The van der Waals surface area contributed by atoms with Crippen LogP contribution in [0.25, 0.3) is 11.6 Å². The molecule has 0 atom stereocenters. The van der Waals surface area contributed by atoms with Gasteiger partial charge in [-0.25, -0.2) is 14.4 Å². The fourth-order valence-corrected chi connectivity index (χ4v) is 3.85. The lowest BCUT2D eigenvalue weighted by atomic mass is 10.1. The summed E-state index contributed by atoms with van der Waals surface area (Å²) in [6, 6.07) is 5.51. The van der Waals surface area contributed by atoms with Crippen molar-refractivity contribution in [1.29, 1.82) is 0 Å². The van der Waals surface area contributed by atoms with Gasteiger partial charge < -0.3 is 14.4 Å². The fourth-order valence-electron chi connectivity index (χ4n) is 3.85. The molecule has 1 aromatic carbocycles. The Morgan fingerprint density at radius 3 is 2.54 bits per heavy atom. The Labute approximate surface area is 217 Å². The predicted molar refractivity (Wildman–Crippen MR) is 141 cm³/mol. The number of halogens is 1. The molecule has 1 aliphatic rings. The Hall–Kier alpha value is -3.81. The average molecular weight is 508 g/mol. The zero-order valence-corrected chi connectivity index (χ0v) is 21.9. The van der Waals surface area contributed by atoms with E-state index in [9.17, 15) is 14.0 Å². The SMILES string of the molecule is CCOC(=O)Cc1ccc(OC)c(/C=C/C=C(\C=C(/C)CN(CC)C(=O)C2CC2)c2ncc(F)cn2)c1. The van der Waals surface area contributed by atoms with Gasteiger partial charge >= 0.3 is 5.97 Å². The molecule has 0 bridgehead atoms. The highest BCUT2D eigenvalue weighted by Crippen LogP contribution is 2.31. The van der Waals surface area contributed by atoms with Crippen LogP contribution in [0.5, 0.6) is 5.75 Å². The van der Waals surface area contributed by atoms with E-state index in [4.69, 9.17) is 9.47 Å². The van der Waals surface area contributed by atoms with Crippen molar-refractivity contribution >= 4 is 23.5 Å². The van der Waals surface area contributed by atoms with Gasteiger partial charge in [-0.05, 0) is 51.3 Å². The smallest absolute Gasteiger partial charge is 0.310 e. The maximum Gasteiger partial charge on any atom is 0.310 e. The summed E-state index contributed by atoms with van der Waals surface area (Å²) < 4.78 is 24.0. The Morgan fingerprint density at radius 2 is 1.92 bits per heavy atom. The number of aromatic nitrogens is 2. The lowest BCUT2D eigenvalue weighted by molar-refractivity contribution is -0.142. The van der Waals surface area contributed by atoms with Gasteiger partial charge in [-0.2, -0.15) is 0 Å². The molecule has 0 unspecified atom stereocenters. The first kappa shape index (κ1) is 27.8. The third-order valence-corrected chi connectivity index (χ3v) is 5.84. The van der Waals surface area contributed by atoms with Crippen LogP contribution in [0.1, 0.15) is 50.6 Å². The second kappa shape index (κ2) is 13.5. The number of hydrogen-bond acceptors (Lipinski definition) is 6. The van der Waals surface area contributed by atoms with Gasteiger partial charge in [0.2, 0.25) is 5.91 Å². The monoisotopic (exact) mass is 507 g/mol. The lowest BCUT2D eigenvalue weighted by Crippen LogP contribution is -2.33. The maximum atomic E-state index is 13.5. The first-order chi connectivity index (χ1) is 17.8. The molecule has 0 aliphatic heterocycles. The number of hydrogen-bond donors (Lipinski definition) is 0. The van der Waals surface area contributed by atoms with Crippen molar-refractivity contribution < 1.29 is 23.5 Å². The molecule has 7 nitrogen and oxygen atoms in total. The summed E-state index contributed by atoms with van der Waals surface area (Å²) in [5.41, 5.74) is 3.22. The van der Waals surface area contributed by atoms with Gasteiger partial charge in [-0.15, -0.1) is 0 Å². The lowest BCUT2D eigenvalue weighted by Gasteiger charge is -2.21. The second-order valence-electron chi connectivity index (χ2n) is 8.88. The average Bonchev–Trinajstić information content (AvgIpc) is 3.73. The molecule has 1 fully saturated rings. The van der Waals surface area contributed by atoms with Gasteiger partial charge in [0.25, 0.3) is 0 Å². The number of carbonyl (C=O) groups excluding carboxylic acids is 2. The Balaban J connectivity index is 1.87. The van der Waals surface area contributed by atoms with E-state index in [0.29, 0.717) is 36.8 Å². The molecule has 1 aliphatic carbocycles. The number of methoxy groups -OCH3 is 1. The summed E-state index contributed by atoms with van der Waals surface area (Å²) in [5.74, 6) is 0.551. The van der Waals surface area contributed by atoms with Crippen molar-refractivity contribution in [3.8, 4) is 5.75 Å². The molecule has 0 spiro atoms. The Bertz CT molecular complexity index is 1180. The normalized spacial score (nSPS) is 14.1. The largest absolute Gasteiger partial charge is 0.496 e. The molecular formula is C29H34FN3O4. The zero-order valence-electron chi connectivity index (χ0n) is 21.9. The van der Waals surface area contributed by atoms with Crippen molar-refractivity contribution in [2.45, 2.75) is 40.0 Å². The quantitative estimate of drug-likeness (QED) is 0.296. The van der Waals surface area contributed by atoms with Gasteiger partial charge in [0.15, 0.2) is 11.6 Å². The summed E-state index contributed by atoms with van der Waals surface area (Å²) in [6.07, 6.45) is 11.8. The van der Waals surface area contributed by atoms with Crippen LogP contribution >= 0.6 is 0 Å². The van der Waals surface area contributed by atoms with Crippen LogP contribution in [-0.2, 0) is 20.7 Å². The van der Waals surface area contributed by atoms with Gasteiger partial charge in [-0.3, -0.25) is 9.59 Å². The maximum absolute atomic E-state index is 13.5. The number of carbonyl (C=O) groups is 2. The number of esters is 1. The summed E-state index contributed by atoms with van der Waals surface area (Å²) in [5, 5.41) is 0. The van der Waals surface area contributed by atoms with Gasteiger partial charge in [-0.1, -0.05) is 35.9 Å². The van der Waals surface area contributed by atoms with E-state index in [1.165, 1.54) is 0 Å². The summed E-state index contributed by atoms with van der Waals surface area (Å²) in [7, 11) is 1.58.